The van der Waals surface area contributed by atoms with Crippen molar-refractivity contribution >= 4 is 0 Å². The van der Waals surface area contributed by atoms with Gasteiger partial charge in [-0.05, 0) is 55.3 Å². The van der Waals surface area contributed by atoms with E-state index in [-0.39, 0.29) is 6.61 Å². The number of benzene rings is 2. The molecule has 0 aliphatic carbocycles. The zero-order valence-corrected chi connectivity index (χ0v) is 15.4. The topological polar surface area (TPSA) is 41.9 Å². The Morgan fingerprint density at radius 2 is 1.72 bits per heavy atom. The molecule has 0 saturated carbocycles. The fourth-order valence-corrected chi connectivity index (χ4v) is 2.79. The maximum Gasteiger partial charge on any atom is 0.119 e. The van der Waals surface area contributed by atoms with Gasteiger partial charge >= 0.3 is 0 Å². The van der Waals surface area contributed by atoms with Crippen LogP contribution < -0.4 is 9.47 Å². The van der Waals surface area contributed by atoms with E-state index in [0.717, 1.165) is 31.0 Å². The van der Waals surface area contributed by atoms with Crippen LogP contribution in [0.15, 0.2) is 48.5 Å². The highest BCUT2D eigenvalue weighted by atomic mass is 16.5. The third-order valence-electron chi connectivity index (χ3n) is 4.17. The Hall–Kier alpha value is -2.04. The van der Waals surface area contributed by atoms with Crippen LogP contribution in [0, 0.1) is 6.92 Å². The number of methoxy groups -OCH3 is 1. The van der Waals surface area contributed by atoms with Gasteiger partial charge in [0.2, 0.25) is 0 Å². The van der Waals surface area contributed by atoms with E-state index in [1.165, 1.54) is 11.1 Å². The van der Waals surface area contributed by atoms with Crippen LogP contribution in [0.1, 0.15) is 24.5 Å². The molecule has 1 atom stereocenters. The fourth-order valence-electron chi connectivity index (χ4n) is 2.79. The Morgan fingerprint density at radius 3 is 2.36 bits per heavy atom. The standard InChI is InChI=1S/C21H29NO3/c1-4-13-22(14-18-8-6-5-7-17(18)2)15-19(23)16-25-21-11-9-20(24-3)10-12-21/h5-12,19,23H,4,13-16H2,1-3H3/t19-/m0/s1. The second kappa shape index (κ2) is 10.1. The lowest BCUT2D eigenvalue weighted by molar-refractivity contribution is 0.0655. The molecule has 0 spiro atoms. The summed E-state index contributed by atoms with van der Waals surface area (Å²) in [6.07, 6.45) is 0.524. The molecule has 136 valence electrons. The molecule has 0 heterocycles. The zero-order chi connectivity index (χ0) is 18.1. The first-order valence-electron chi connectivity index (χ1n) is 8.84. The van der Waals surface area contributed by atoms with E-state index in [2.05, 4.69) is 43.0 Å². The number of nitrogens with zero attached hydrogens (tertiary/aromatic N) is 1. The zero-order valence-electron chi connectivity index (χ0n) is 15.4. The van der Waals surface area contributed by atoms with Crippen LogP contribution in [-0.4, -0.2) is 42.9 Å². The van der Waals surface area contributed by atoms with Crippen molar-refractivity contribution in [2.75, 3.05) is 26.8 Å². The molecule has 0 aliphatic rings. The number of aryl methyl sites for hydroxylation is 1. The molecule has 25 heavy (non-hydrogen) atoms. The minimum absolute atomic E-state index is 0.278. The van der Waals surface area contributed by atoms with Gasteiger partial charge in [0.1, 0.15) is 24.2 Å². The van der Waals surface area contributed by atoms with E-state index in [9.17, 15) is 5.11 Å². The predicted molar refractivity (Wildman–Crippen MR) is 101 cm³/mol. The minimum atomic E-state index is -0.530. The van der Waals surface area contributed by atoms with E-state index < -0.39 is 6.10 Å². The van der Waals surface area contributed by atoms with Crippen LogP contribution in [-0.2, 0) is 6.54 Å². The fraction of sp³-hybridized carbons (Fsp3) is 0.429. The van der Waals surface area contributed by atoms with E-state index in [1.807, 2.05) is 24.3 Å². The van der Waals surface area contributed by atoms with Crippen molar-refractivity contribution < 1.29 is 14.6 Å². The average molecular weight is 343 g/mol. The summed E-state index contributed by atoms with van der Waals surface area (Å²) in [5.74, 6) is 1.53. The third-order valence-corrected chi connectivity index (χ3v) is 4.17. The number of aliphatic hydroxyl groups is 1. The molecule has 4 heteroatoms. The normalized spacial score (nSPS) is 12.2. The molecule has 0 bridgehead atoms. The largest absolute Gasteiger partial charge is 0.497 e. The quantitative estimate of drug-likeness (QED) is 0.715. The molecule has 2 aromatic rings. The van der Waals surface area contributed by atoms with Crippen molar-refractivity contribution in [2.45, 2.75) is 32.9 Å². The molecule has 2 rings (SSSR count). The van der Waals surface area contributed by atoms with Gasteiger partial charge in [-0.15, -0.1) is 0 Å². The molecule has 0 radical (unpaired) electrons. The highest BCUT2D eigenvalue weighted by molar-refractivity contribution is 5.31. The second-order valence-corrected chi connectivity index (χ2v) is 6.30. The van der Waals surface area contributed by atoms with E-state index in [0.29, 0.717) is 6.54 Å². The third kappa shape index (κ3) is 6.40. The summed E-state index contributed by atoms with van der Waals surface area (Å²) in [4.78, 5) is 2.28. The molecule has 0 saturated heterocycles. The van der Waals surface area contributed by atoms with Crippen LogP contribution in [0.5, 0.6) is 11.5 Å². The molecular weight excluding hydrogens is 314 g/mol. The highest BCUT2D eigenvalue weighted by Crippen LogP contribution is 2.17. The first-order valence-corrected chi connectivity index (χ1v) is 8.84. The van der Waals surface area contributed by atoms with E-state index in [1.54, 1.807) is 7.11 Å². The molecule has 2 aromatic carbocycles. The van der Waals surface area contributed by atoms with Crippen LogP contribution in [0.4, 0.5) is 0 Å². The van der Waals surface area contributed by atoms with Crippen molar-refractivity contribution in [2.24, 2.45) is 0 Å². The maximum atomic E-state index is 10.4. The van der Waals surface area contributed by atoms with Crippen LogP contribution in [0.2, 0.25) is 0 Å². The minimum Gasteiger partial charge on any atom is -0.497 e. The van der Waals surface area contributed by atoms with Gasteiger partial charge in [-0.2, -0.15) is 0 Å². The molecule has 4 nitrogen and oxygen atoms in total. The predicted octanol–water partition coefficient (Wildman–Crippen LogP) is 3.66. The molecule has 1 N–H and O–H groups in total. The Kier molecular flexibility index (Phi) is 7.76. The summed E-state index contributed by atoms with van der Waals surface area (Å²) in [7, 11) is 1.64. The number of aliphatic hydroxyl groups excluding tert-OH is 1. The van der Waals surface area contributed by atoms with Gasteiger partial charge < -0.3 is 14.6 Å². The maximum absolute atomic E-state index is 10.4. The number of hydrogen-bond acceptors (Lipinski definition) is 4. The highest BCUT2D eigenvalue weighted by Gasteiger charge is 2.13. The summed E-state index contributed by atoms with van der Waals surface area (Å²) in [5, 5.41) is 10.4. The summed E-state index contributed by atoms with van der Waals surface area (Å²) >= 11 is 0. The first-order chi connectivity index (χ1) is 12.1. The molecule has 0 amide bonds. The van der Waals surface area contributed by atoms with E-state index >= 15 is 0 Å². The van der Waals surface area contributed by atoms with Crippen molar-refractivity contribution in [1.29, 1.82) is 0 Å². The van der Waals surface area contributed by atoms with Gasteiger partial charge in [-0.25, -0.2) is 0 Å². The number of hydrogen-bond donors (Lipinski definition) is 1. The Morgan fingerprint density at radius 1 is 1.04 bits per heavy atom. The molecule has 0 aromatic heterocycles. The van der Waals surface area contributed by atoms with Gasteiger partial charge in [0, 0.05) is 13.1 Å². The van der Waals surface area contributed by atoms with Crippen LogP contribution in [0.3, 0.4) is 0 Å². The van der Waals surface area contributed by atoms with Crippen molar-refractivity contribution in [1.82, 2.24) is 4.90 Å². The lowest BCUT2D eigenvalue weighted by atomic mass is 10.1. The van der Waals surface area contributed by atoms with Gasteiger partial charge in [0.05, 0.1) is 7.11 Å². The molecule has 0 unspecified atom stereocenters. The lowest BCUT2D eigenvalue weighted by Gasteiger charge is -2.25. The second-order valence-electron chi connectivity index (χ2n) is 6.30. The molecular formula is C21H29NO3. The van der Waals surface area contributed by atoms with E-state index in [4.69, 9.17) is 9.47 Å². The summed E-state index contributed by atoms with van der Waals surface area (Å²) < 4.78 is 10.8. The Labute approximate surface area is 151 Å². The number of rotatable bonds is 10. The van der Waals surface area contributed by atoms with Gasteiger partial charge in [-0.3, -0.25) is 4.90 Å². The van der Waals surface area contributed by atoms with Crippen molar-refractivity contribution in [3.63, 3.8) is 0 Å². The summed E-state index contributed by atoms with van der Waals surface area (Å²) in [5.41, 5.74) is 2.59. The Balaban J connectivity index is 1.86. The number of ether oxygens (including phenoxy) is 2. The summed E-state index contributed by atoms with van der Waals surface area (Å²) in [6, 6.07) is 15.8. The first kappa shape index (κ1) is 19.3. The Bertz CT molecular complexity index is 627. The SMILES string of the molecule is CCCN(Cc1ccccc1C)C[C@H](O)COc1ccc(OC)cc1. The monoisotopic (exact) mass is 343 g/mol. The lowest BCUT2D eigenvalue weighted by Crippen LogP contribution is -2.36. The average Bonchev–Trinajstić information content (AvgIpc) is 2.62. The van der Waals surface area contributed by atoms with Crippen LogP contribution in [0.25, 0.3) is 0 Å². The van der Waals surface area contributed by atoms with Gasteiger partial charge in [0.25, 0.3) is 0 Å². The van der Waals surface area contributed by atoms with Crippen molar-refractivity contribution in [3.8, 4) is 11.5 Å². The summed E-state index contributed by atoms with van der Waals surface area (Å²) in [6.45, 7) is 6.96. The molecule has 0 fully saturated rings. The molecule has 0 aliphatic heterocycles. The van der Waals surface area contributed by atoms with Gasteiger partial charge in [0.15, 0.2) is 0 Å². The van der Waals surface area contributed by atoms with Crippen molar-refractivity contribution in [3.05, 3.63) is 59.7 Å². The smallest absolute Gasteiger partial charge is 0.119 e. The van der Waals surface area contributed by atoms with Gasteiger partial charge in [-0.1, -0.05) is 31.2 Å². The van der Waals surface area contributed by atoms with Crippen LogP contribution >= 0.6 is 0 Å².